The maximum absolute atomic E-state index is 3.57. The molecule has 1 saturated heterocycles. The van der Waals surface area contributed by atoms with Crippen LogP contribution in [0.15, 0.2) is 0 Å². The summed E-state index contributed by atoms with van der Waals surface area (Å²) in [7, 11) is 0. The molecule has 0 aromatic carbocycles. The minimum atomic E-state index is 0.673. The monoisotopic (exact) mass is 226 g/mol. The Kier molecular flexibility index (Phi) is 6.37. The summed E-state index contributed by atoms with van der Waals surface area (Å²) >= 11 is 0. The molecule has 1 aliphatic rings. The Hall–Kier alpha value is -0.0800. The number of likely N-dealkylation sites (tertiary alicyclic amines) is 1. The fourth-order valence-corrected chi connectivity index (χ4v) is 2.64. The molecule has 0 aromatic heterocycles. The molecule has 0 spiro atoms. The van der Waals surface area contributed by atoms with Gasteiger partial charge in [0.2, 0.25) is 0 Å². The Labute approximate surface area is 102 Å². The van der Waals surface area contributed by atoms with Gasteiger partial charge in [-0.3, -0.25) is 0 Å². The van der Waals surface area contributed by atoms with Gasteiger partial charge in [-0.15, -0.1) is 0 Å². The topological polar surface area (TPSA) is 15.3 Å². The van der Waals surface area contributed by atoms with Gasteiger partial charge in [-0.25, -0.2) is 0 Å². The standard InChI is InChI=1S/C14H30N2/c1-5-8-15-13(3)7-10-16-9-6-12(2)11-14(16)4/h12-15H,5-11H2,1-4H3. The van der Waals surface area contributed by atoms with Crippen LogP contribution in [-0.4, -0.2) is 36.6 Å². The van der Waals surface area contributed by atoms with Crippen LogP contribution >= 0.6 is 0 Å². The summed E-state index contributed by atoms with van der Waals surface area (Å²) in [5.74, 6) is 0.932. The first kappa shape index (κ1) is 14.0. The number of rotatable bonds is 6. The molecule has 1 fully saturated rings. The lowest BCUT2D eigenvalue weighted by molar-refractivity contribution is 0.124. The molecule has 1 aliphatic heterocycles. The Morgan fingerprint density at radius 2 is 2.12 bits per heavy atom. The van der Waals surface area contributed by atoms with Crippen molar-refractivity contribution in [3.05, 3.63) is 0 Å². The predicted molar refractivity (Wildman–Crippen MR) is 71.8 cm³/mol. The molecular weight excluding hydrogens is 196 g/mol. The smallest absolute Gasteiger partial charge is 0.00694 e. The zero-order valence-corrected chi connectivity index (χ0v) is 11.6. The average molecular weight is 226 g/mol. The molecule has 96 valence electrons. The molecule has 0 bridgehead atoms. The van der Waals surface area contributed by atoms with Crippen LogP contribution in [0.25, 0.3) is 0 Å². The summed E-state index contributed by atoms with van der Waals surface area (Å²) in [5, 5.41) is 3.57. The molecule has 3 atom stereocenters. The summed E-state index contributed by atoms with van der Waals surface area (Å²) in [5.41, 5.74) is 0. The molecule has 0 aliphatic carbocycles. The van der Waals surface area contributed by atoms with E-state index in [1.165, 1.54) is 38.8 Å². The highest BCUT2D eigenvalue weighted by atomic mass is 15.2. The average Bonchev–Trinajstić information content (AvgIpc) is 2.25. The van der Waals surface area contributed by atoms with E-state index < -0.39 is 0 Å². The van der Waals surface area contributed by atoms with Gasteiger partial charge in [-0.2, -0.15) is 0 Å². The van der Waals surface area contributed by atoms with E-state index in [1.54, 1.807) is 0 Å². The summed E-state index contributed by atoms with van der Waals surface area (Å²) in [4.78, 5) is 2.67. The van der Waals surface area contributed by atoms with Crippen molar-refractivity contribution in [2.24, 2.45) is 5.92 Å². The molecule has 3 unspecified atom stereocenters. The zero-order valence-electron chi connectivity index (χ0n) is 11.6. The first-order chi connectivity index (χ1) is 7.63. The fraction of sp³-hybridized carbons (Fsp3) is 1.00. The third-order valence-corrected chi connectivity index (χ3v) is 3.87. The highest BCUT2D eigenvalue weighted by molar-refractivity contribution is 4.77. The molecule has 0 aromatic rings. The maximum atomic E-state index is 3.57. The van der Waals surface area contributed by atoms with E-state index >= 15 is 0 Å². The maximum Gasteiger partial charge on any atom is 0.00694 e. The summed E-state index contributed by atoms with van der Waals surface area (Å²) in [6.45, 7) is 13.1. The molecule has 2 heteroatoms. The van der Waals surface area contributed by atoms with Crippen LogP contribution in [0, 0.1) is 5.92 Å². The lowest BCUT2D eigenvalue weighted by atomic mass is 9.93. The number of hydrogen-bond acceptors (Lipinski definition) is 2. The third kappa shape index (κ3) is 4.84. The summed E-state index contributed by atoms with van der Waals surface area (Å²) < 4.78 is 0. The van der Waals surface area contributed by atoms with E-state index in [4.69, 9.17) is 0 Å². The number of nitrogens with zero attached hydrogens (tertiary/aromatic N) is 1. The van der Waals surface area contributed by atoms with Gasteiger partial charge >= 0.3 is 0 Å². The molecule has 16 heavy (non-hydrogen) atoms. The van der Waals surface area contributed by atoms with Gasteiger partial charge in [0.15, 0.2) is 0 Å². The van der Waals surface area contributed by atoms with Crippen molar-refractivity contribution in [3.8, 4) is 0 Å². The first-order valence-electron chi connectivity index (χ1n) is 7.11. The van der Waals surface area contributed by atoms with E-state index in [0.29, 0.717) is 6.04 Å². The van der Waals surface area contributed by atoms with Crippen molar-refractivity contribution < 1.29 is 0 Å². The molecule has 0 saturated carbocycles. The molecule has 1 rings (SSSR count). The lowest BCUT2D eigenvalue weighted by Crippen LogP contribution is -2.42. The predicted octanol–water partition coefficient (Wildman–Crippen LogP) is 2.89. The van der Waals surface area contributed by atoms with Crippen LogP contribution in [0.1, 0.15) is 53.4 Å². The molecule has 2 nitrogen and oxygen atoms in total. The van der Waals surface area contributed by atoms with Crippen LogP contribution in [-0.2, 0) is 0 Å². The number of hydrogen-bond donors (Lipinski definition) is 1. The zero-order chi connectivity index (χ0) is 12.0. The van der Waals surface area contributed by atoms with Gasteiger partial charge in [-0.05, 0) is 65.1 Å². The van der Waals surface area contributed by atoms with Crippen LogP contribution < -0.4 is 5.32 Å². The molecule has 0 amide bonds. The second kappa shape index (κ2) is 7.29. The Bertz CT molecular complexity index is 182. The third-order valence-electron chi connectivity index (χ3n) is 3.87. The molecule has 1 N–H and O–H groups in total. The minimum Gasteiger partial charge on any atom is -0.314 e. The van der Waals surface area contributed by atoms with Gasteiger partial charge in [0, 0.05) is 12.1 Å². The highest BCUT2D eigenvalue weighted by Gasteiger charge is 2.22. The lowest BCUT2D eigenvalue weighted by Gasteiger charge is -2.37. The number of nitrogens with one attached hydrogen (secondary N) is 1. The largest absolute Gasteiger partial charge is 0.314 e. The Morgan fingerprint density at radius 1 is 1.38 bits per heavy atom. The molecule has 1 heterocycles. The SMILES string of the molecule is CCCNC(C)CCN1CCC(C)CC1C. The van der Waals surface area contributed by atoms with E-state index in [0.717, 1.165) is 18.5 Å². The Morgan fingerprint density at radius 3 is 2.75 bits per heavy atom. The molecule has 0 radical (unpaired) electrons. The summed E-state index contributed by atoms with van der Waals surface area (Å²) in [6.07, 6.45) is 5.30. The van der Waals surface area contributed by atoms with Gasteiger partial charge in [0.05, 0.1) is 0 Å². The van der Waals surface area contributed by atoms with Crippen molar-refractivity contribution in [1.29, 1.82) is 0 Å². The first-order valence-corrected chi connectivity index (χ1v) is 7.11. The van der Waals surface area contributed by atoms with Crippen molar-refractivity contribution in [3.63, 3.8) is 0 Å². The second-order valence-electron chi connectivity index (χ2n) is 5.66. The van der Waals surface area contributed by atoms with Crippen molar-refractivity contribution in [2.75, 3.05) is 19.6 Å². The van der Waals surface area contributed by atoms with Gasteiger partial charge in [-0.1, -0.05) is 13.8 Å². The van der Waals surface area contributed by atoms with Gasteiger partial charge in [0.25, 0.3) is 0 Å². The van der Waals surface area contributed by atoms with Crippen LogP contribution in [0.3, 0.4) is 0 Å². The van der Waals surface area contributed by atoms with Crippen molar-refractivity contribution >= 4 is 0 Å². The van der Waals surface area contributed by atoms with E-state index in [9.17, 15) is 0 Å². The normalized spacial score (nSPS) is 29.2. The summed E-state index contributed by atoms with van der Waals surface area (Å²) in [6, 6.07) is 1.47. The van der Waals surface area contributed by atoms with Crippen molar-refractivity contribution in [1.82, 2.24) is 10.2 Å². The molecular formula is C14H30N2. The van der Waals surface area contributed by atoms with Crippen LogP contribution in [0.5, 0.6) is 0 Å². The van der Waals surface area contributed by atoms with Crippen LogP contribution in [0.4, 0.5) is 0 Å². The quantitative estimate of drug-likeness (QED) is 0.749. The fourth-order valence-electron chi connectivity index (χ4n) is 2.64. The Balaban J connectivity index is 2.16. The highest BCUT2D eigenvalue weighted by Crippen LogP contribution is 2.22. The van der Waals surface area contributed by atoms with E-state index in [2.05, 4.69) is 37.9 Å². The van der Waals surface area contributed by atoms with E-state index in [1.807, 2.05) is 0 Å². The number of piperidine rings is 1. The van der Waals surface area contributed by atoms with Gasteiger partial charge < -0.3 is 10.2 Å². The van der Waals surface area contributed by atoms with Crippen molar-refractivity contribution in [2.45, 2.75) is 65.5 Å². The van der Waals surface area contributed by atoms with E-state index in [-0.39, 0.29) is 0 Å². The second-order valence-corrected chi connectivity index (χ2v) is 5.66. The van der Waals surface area contributed by atoms with Gasteiger partial charge in [0.1, 0.15) is 0 Å². The minimum absolute atomic E-state index is 0.673. The van der Waals surface area contributed by atoms with Crippen LogP contribution in [0.2, 0.25) is 0 Å².